The van der Waals surface area contributed by atoms with Crippen molar-refractivity contribution >= 4 is 12.9 Å². The maximum Gasteiger partial charge on any atom is 0.410 e. The van der Waals surface area contributed by atoms with Crippen LogP contribution in [0.25, 0.3) is 0 Å². The topological polar surface area (TPSA) is 66.8 Å². The normalized spacial score (nSPS) is 19.2. The molecule has 1 heterocycles. The Kier molecular flexibility index (Phi) is 9.89. The van der Waals surface area contributed by atoms with Crippen molar-refractivity contribution in [1.82, 2.24) is 4.90 Å². The van der Waals surface area contributed by atoms with E-state index in [0.29, 0.717) is 12.5 Å². The van der Waals surface area contributed by atoms with E-state index < -0.39 is 17.2 Å². The maximum absolute atomic E-state index is 11.9. The van der Waals surface area contributed by atoms with Gasteiger partial charge in [0.15, 0.2) is 0 Å². The van der Waals surface area contributed by atoms with Gasteiger partial charge in [-0.2, -0.15) is 0 Å². The standard InChI is InChI=1S/C11H21NO3.C6H4F2.CH2O/c1-8-5-6-12(9(8)7-13)10(14)15-11(2,3)4;7-5-1-2-6(8)4-3-5;1-2/h8-9,13H,5-7H2,1-4H3;1-4H;1H2. The third kappa shape index (κ3) is 8.58. The van der Waals surface area contributed by atoms with Crippen molar-refractivity contribution in [2.24, 2.45) is 5.92 Å². The summed E-state index contributed by atoms with van der Waals surface area (Å²) in [7, 11) is 0. The predicted octanol–water partition coefficient (Wildman–Crippen LogP) is 3.40. The fraction of sp³-hybridized carbons (Fsp3) is 0.556. The smallest absolute Gasteiger partial charge is 0.410 e. The molecule has 0 saturated carbocycles. The fourth-order valence-electron chi connectivity index (χ4n) is 2.26. The van der Waals surface area contributed by atoms with Crippen LogP contribution in [0.2, 0.25) is 0 Å². The van der Waals surface area contributed by atoms with Gasteiger partial charge in [-0.05, 0) is 57.4 Å². The Labute approximate surface area is 147 Å². The van der Waals surface area contributed by atoms with Crippen LogP contribution >= 0.6 is 0 Å². The summed E-state index contributed by atoms with van der Waals surface area (Å²) in [5.74, 6) is -0.472. The van der Waals surface area contributed by atoms with Gasteiger partial charge >= 0.3 is 6.09 Å². The van der Waals surface area contributed by atoms with Crippen molar-refractivity contribution in [3.8, 4) is 0 Å². The van der Waals surface area contributed by atoms with E-state index in [1.165, 1.54) is 0 Å². The molecule has 1 aromatic rings. The monoisotopic (exact) mass is 359 g/mol. The lowest BCUT2D eigenvalue weighted by Crippen LogP contribution is -2.42. The number of carbonyl (C=O) groups is 2. The lowest BCUT2D eigenvalue weighted by atomic mass is 10.0. The van der Waals surface area contributed by atoms with Crippen LogP contribution < -0.4 is 0 Å². The number of ether oxygens (including phenoxy) is 1. The summed E-state index contributed by atoms with van der Waals surface area (Å²) >= 11 is 0. The third-order valence-electron chi connectivity index (χ3n) is 3.50. The molecule has 1 N–H and O–H groups in total. The average Bonchev–Trinajstić information content (AvgIpc) is 2.92. The van der Waals surface area contributed by atoms with Crippen molar-refractivity contribution in [2.75, 3.05) is 13.2 Å². The number of likely N-dealkylation sites (tertiary alicyclic amines) is 1. The van der Waals surface area contributed by atoms with E-state index >= 15 is 0 Å². The molecule has 2 unspecified atom stereocenters. The summed E-state index contributed by atoms with van der Waals surface area (Å²) in [5, 5.41) is 9.20. The molecule has 0 spiro atoms. The highest BCUT2D eigenvalue weighted by atomic mass is 19.1. The number of amides is 1. The number of nitrogens with zero attached hydrogens (tertiary/aromatic N) is 1. The molecule has 5 nitrogen and oxygen atoms in total. The van der Waals surface area contributed by atoms with Gasteiger partial charge in [0.2, 0.25) is 0 Å². The molecule has 7 heteroatoms. The number of hydrogen-bond acceptors (Lipinski definition) is 4. The molecule has 1 aromatic carbocycles. The van der Waals surface area contributed by atoms with Crippen molar-refractivity contribution < 1.29 is 28.2 Å². The van der Waals surface area contributed by atoms with Crippen LogP contribution in [-0.4, -0.2) is 47.7 Å². The Bertz CT molecular complexity index is 496. The number of rotatable bonds is 1. The van der Waals surface area contributed by atoms with Crippen LogP contribution in [-0.2, 0) is 9.53 Å². The van der Waals surface area contributed by atoms with Gasteiger partial charge in [0.05, 0.1) is 12.6 Å². The van der Waals surface area contributed by atoms with Crippen LogP contribution in [0.1, 0.15) is 34.1 Å². The largest absolute Gasteiger partial charge is 0.444 e. The lowest BCUT2D eigenvalue weighted by molar-refractivity contribution is -0.0980. The number of aliphatic hydroxyl groups excluding tert-OH is 1. The zero-order chi connectivity index (χ0) is 19.6. The number of halogens is 2. The molecule has 0 aromatic heterocycles. The van der Waals surface area contributed by atoms with Crippen molar-refractivity contribution in [2.45, 2.75) is 45.8 Å². The minimum atomic E-state index is -0.469. The van der Waals surface area contributed by atoms with Crippen molar-refractivity contribution in [3.63, 3.8) is 0 Å². The van der Waals surface area contributed by atoms with Crippen molar-refractivity contribution in [1.29, 1.82) is 0 Å². The zero-order valence-corrected chi connectivity index (χ0v) is 15.2. The second-order valence-corrected chi connectivity index (χ2v) is 6.63. The molecule has 2 rings (SSSR count). The van der Waals surface area contributed by atoms with Crippen LogP contribution in [0, 0.1) is 17.6 Å². The van der Waals surface area contributed by atoms with Crippen LogP contribution in [0.4, 0.5) is 13.6 Å². The average molecular weight is 359 g/mol. The Morgan fingerprint density at radius 2 is 1.68 bits per heavy atom. The first-order valence-electron chi connectivity index (χ1n) is 7.94. The molecule has 0 bridgehead atoms. The van der Waals surface area contributed by atoms with Gasteiger partial charge in [-0.1, -0.05) is 6.92 Å². The van der Waals surface area contributed by atoms with Gasteiger partial charge in [-0.3, -0.25) is 0 Å². The second kappa shape index (κ2) is 10.8. The Hall–Kier alpha value is -2.02. The van der Waals surface area contributed by atoms with E-state index in [2.05, 4.69) is 0 Å². The van der Waals surface area contributed by atoms with Gasteiger partial charge < -0.3 is 19.5 Å². The molecule has 2 atom stereocenters. The first kappa shape index (κ1) is 23.0. The molecule has 1 fully saturated rings. The minimum absolute atomic E-state index is 0.0143. The molecule has 25 heavy (non-hydrogen) atoms. The van der Waals surface area contributed by atoms with Gasteiger partial charge in [-0.25, -0.2) is 13.6 Å². The van der Waals surface area contributed by atoms with Crippen LogP contribution in [0.3, 0.4) is 0 Å². The number of carbonyl (C=O) groups excluding carboxylic acids is 2. The number of aliphatic hydroxyl groups is 1. The molecule has 0 aliphatic carbocycles. The highest BCUT2D eigenvalue weighted by Crippen LogP contribution is 2.25. The number of benzene rings is 1. The Morgan fingerprint density at radius 3 is 2.04 bits per heavy atom. The van der Waals surface area contributed by atoms with E-state index in [1.807, 2.05) is 34.5 Å². The quantitative estimate of drug-likeness (QED) is 0.834. The fourth-order valence-corrected chi connectivity index (χ4v) is 2.26. The second-order valence-electron chi connectivity index (χ2n) is 6.63. The first-order chi connectivity index (χ1) is 11.6. The molecular weight excluding hydrogens is 332 g/mol. The number of hydrogen-bond donors (Lipinski definition) is 1. The summed E-state index contributed by atoms with van der Waals surface area (Å²) in [6.07, 6.45) is 0.621. The minimum Gasteiger partial charge on any atom is -0.444 e. The Balaban J connectivity index is 0.000000483. The van der Waals surface area contributed by atoms with E-state index in [1.54, 1.807) is 4.90 Å². The maximum atomic E-state index is 11.9. The molecule has 1 saturated heterocycles. The van der Waals surface area contributed by atoms with E-state index in [-0.39, 0.29) is 18.7 Å². The van der Waals surface area contributed by atoms with Gasteiger partial charge in [0.25, 0.3) is 0 Å². The summed E-state index contributed by atoms with van der Waals surface area (Å²) in [5.41, 5.74) is -0.469. The molecule has 1 amide bonds. The van der Waals surface area contributed by atoms with Crippen LogP contribution in [0.5, 0.6) is 0 Å². The van der Waals surface area contributed by atoms with Crippen molar-refractivity contribution in [3.05, 3.63) is 35.9 Å². The van der Waals surface area contributed by atoms with E-state index in [4.69, 9.17) is 9.53 Å². The van der Waals surface area contributed by atoms with E-state index in [9.17, 15) is 18.7 Å². The first-order valence-corrected chi connectivity index (χ1v) is 7.94. The molecule has 142 valence electrons. The SMILES string of the molecule is C=O.CC1CCN(C(=O)OC(C)(C)C)C1CO.Fc1ccc(F)cc1. The lowest BCUT2D eigenvalue weighted by Gasteiger charge is -2.28. The summed E-state index contributed by atoms with van der Waals surface area (Å²) in [4.78, 5) is 21.4. The molecule has 1 aliphatic heterocycles. The summed E-state index contributed by atoms with van der Waals surface area (Å²) in [6.45, 7) is 10.3. The zero-order valence-electron chi connectivity index (χ0n) is 15.2. The highest BCUT2D eigenvalue weighted by Gasteiger charge is 2.36. The predicted molar refractivity (Wildman–Crippen MR) is 91.1 cm³/mol. The van der Waals surface area contributed by atoms with E-state index in [0.717, 1.165) is 30.7 Å². The third-order valence-corrected chi connectivity index (χ3v) is 3.50. The molecule has 0 radical (unpaired) electrons. The summed E-state index contributed by atoms with van der Waals surface area (Å²) < 4.78 is 29.1. The molecular formula is C18H27F2NO4. The highest BCUT2D eigenvalue weighted by molar-refractivity contribution is 5.69. The van der Waals surface area contributed by atoms with Gasteiger partial charge in [0.1, 0.15) is 24.0 Å². The summed E-state index contributed by atoms with van der Waals surface area (Å²) in [6, 6.07) is 4.23. The van der Waals surface area contributed by atoms with Crippen LogP contribution in [0.15, 0.2) is 24.3 Å². The molecule has 1 aliphatic rings. The van der Waals surface area contributed by atoms with Gasteiger partial charge in [-0.15, -0.1) is 0 Å². The van der Waals surface area contributed by atoms with Gasteiger partial charge in [0, 0.05) is 6.54 Å². The Morgan fingerprint density at radius 1 is 1.24 bits per heavy atom.